The highest BCUT2D eigenvalue weighted by atomic mass is 16.5. The highest BCUT2D eigenvalue weighted by Crippen LogP contribution is 2.26. The Labute approximate surface area is 133 Å². The normalized spacial score (nSPS) is 23.7. The molecule has 0 aliphatic carbocycles. The van der Waals surface area contributed by atoms with Crippen molar-refractivity contribution in [1.29, 1.82) is 0 Å². The van der Waals surface area contributed by atoms with Gasteiger partial charge in [0, 0.05) is 50.0 Å². The topological polar surface area (TPSA) is 71.5 Å². The van der Waals surface area contributed by atoms with Crippen LogP contribution in [0.1, 0.15) is 10.4 Å². The molecule has 2 aromatic heterocycles. The van der Waals surface area contributed by atoms with Crippen molar-refractivity contribution in [2.24, 2.45) is 0 Å². The van der Waals surface area contributed by atoms with Gasteiger partial charge in [0.2, 0.25) is 5.95 Å². The average molecular weight is 311 g/mol. The second kappa shape index (κ2) is 5.92. The first-order valence-electron chi connectivity index (χ1n) is 7.67. The van der Waals surface area contributed by atoms with Gasteiger partial charge < -0.3 is 14.5 Å². The molecule has 2 saturated heterocycles. The van der Waals surface area contributed by atoms with Gasteiger partial charge in [0.15, 0.2) is 0 Å². The van der Waals surface area contributed by atoms with Crippen LogP contribution in [0.15, 0.2) is 43.0 Å². The highest BCUT2D eigenvalue weighted by molar-refractivity contribution is 5.94. The molecular formula is C16H17N5O2. The van der Waals surface area contributed by atoms with E-state index in [-0.39, 0.29) is 18.1 Å². The van der Waals surface area contributed by atoms with Crippen LogP contribution in [0.4, 0.5) is 5.95 Å². The van der Waals surface area contributed by atoms with Crippen molar-refractivity contribution in [3.63, 3.8) is 0 Å². The molecule has 0 bridgehead atoms. The van der Waals surface area contributed by atoms with Crippen LogP contribution in [-0.4, -0.2) is 64.1 Å². The van der Waals surface area contributed by atoms with Gasteiger partial charge in [-0.25, -0.2) is 9.97 Å². The average Bonchev–Trinajstić information content (AvgIpc) is 3.06. The summed E-state index contributed by atoms with van der Waals surface area (Å²) < 4.78 is 5.87. The largest absolute Gasteiger partial charge is 0.372 e. The minimum absolute atomic E-state index is 0.00153. The summed E-state index contributed by atoms with van der Waals surface area (Å²) in [5.41, 5.74) is 0.654. The number of rotatable bonds is 2. The van der Waals surface area contributed by atoms with E-state index in [1.807, 2.05) is 4.90 Å². The fourth-order valence-corrected chi connectivity index (χ4v) is 3.22. The summed E-state index contributed by atoms with van der Waals surface area (Å²) in [6, 6.07) is 5.37. The van der Waals surface area contributed by atoms with Crippen LogP contribution in [-0.2, 0) is 4.74 Å². The maximum absolute atomic E-state index is 12.6. The van der Waals surface area contributed by atoms with Crippen molar-refractivity contribution in [2.45, 2.75) is 12.1 Å². The molecule has 2 aliphatic rings. The minimum atomic E-state index is -0.00153. The summed E-state index contributed by atoms with van der Waals surface area (Å²) >= 11 is 0. The molecule has 0 N–H and O–H groups in total. The highest BCUT2D eigenvalue weighted by Gasteiger charge is 2.42. The zero-order valence-corrected chi connectivity index (χ0v) is 12.6. The third-order valence-corrected chi connectivity index (χ3v) is 4.32. The van der Waals surface area contributed by atoms with E-state index in [1.165, 1.54) is 0 Å². The number of morpholine rings is 1. The van der Waals surface area contributed by atoms with Crippen molar-refractivity contribution in [2.75, 3.05) is 31.1 Å². The maximum Gasteiger partial charge on any atom is 0.254 e. The van der Waals surface area contributed by atoms with Gasteiger partial charge in [-0.05, 0) is 18.2 Å². The van der Waals surface area contributed by atoms with E-state index in [1.54, 1.807) is 43.0 Å². The minimum Gasteiger partial charge on any atom is -0.372 e. The summed E-state index contributed by atoms with van der Waals surface area (Å²) in [6.07, 6.45) is 6.75. The van der Waals surface area contributed by atoms with Crippen LogP contribution >= 0.6 is 0 Å². The molecule has 0 unspecified atom stereocenters. The lowest BCUT2D eigenvalue weighted by molar-refractivity contribution is 0.0296. The van der Waals surface area contributed by atoms with E-state index in [0.717, 1.165) is 6.54 Å². The van der Waals surface area contributed by atoms with Crippen molar-refractivity contribution in [1.82, 2.24) is 19.9 Å². The molecule has 0 spiro atoms. The van der Waals surface area contributed by atoms with Gasteiger partial charge in [0.05, 0.1) is 18.8 Å². The van der Waals surface area contributed by atoms with Crippen molar-refractivity contribution in [3.8, 4) is 0 Å². The molecule has 7 nitrogen and oxygen atoms in total. The van der Waals surface area contributed by atoms with Crippen LogP contribution in [0, 0.1) is 0 Å². The zero-order valence-electron chi connectivity index (χ0n) is 12.6. The summed E-state index contributed by atoms with van der Waals surface area (Å²) in [5, 5.41) is 0. The quantitative estimate of drug-likeness (QED) is 0.809. The standard InChI is InChI=1S/C16H17N5O2/c22-15(12-2-6-17-7-3-12)20-10-13-14(11-20)23-9-8-21(13)16-18-4-1-5-19-16/h1-7,13-14H,8-11H2/t13-,14+/m1/s1. The second-order valence-corrected chi connectivity index (χ2v) is 5.66. The molecule has 7 heteroatoms. The third-order valence-electron chi connectivity index (χ3n) is 4.32. The van der Waals surface area contributed by atoms with Crippen molar-refractivity contribution >= 4 is 11.9 Å². The van der Waals surface area contributed by atoms with Crippen molar-refractivity contribution in [3.05, 3.63) is 48.5 Å². The molecule has 0 aromatic carbocycles. The number of likely N-dealkylation sites (tertiary alicyclic amines) is 1. The monoisotopic (exact) mass is 311 g/mol. The van der Waals surface area contributed by atoms with Crippen LogP contribution in [0.3, 0.4) is 0 Å². The van der Waals surface area contributed by atoms with Gasteiger partial charge in [0.25, 0.3) is 5.91 Å². The predicted octanol–water partition coefficient (Wildman–Crippen LogP) is 0.601. The number of amides is 1. The summed E-state index contributed by atoms with van der Waals surface area (Å²) in [6.45, 7) is 2.57. The number of pyridine rings is 1. The fourth-order valence-electron chi connectivity index (χ4n) is 3.22. The number of carbonyl (C=O) groups excluding carboxylic acids is 1. The van der Waals surface area contributed by atoms with Gasteiger partial charge in [-0.15, -0.1) is 0 Å². The number of ether oxygens (including phenoxy) is 1. The van der Waals surface area contributed by atoms with E-state index in [0.29, 0.717) is 31.2 Å². The molecule has 1 amide bonds. The summed E-state index contributed by atoms with van der Waals surface area (Å²) in [5.74, 6) is 0.711. The van der Waals surface area contributed by atoms with Crippen molar-refractivity contribution < 1.29 is 9.53 Å². The number of carbonyl (C=O) groups is 1. The van der Waals surface area contributed by atoms with E-state index < -0.39 is 0 Å². The van der Waals surface area contributed by atoms with E-state index in [9.17, 15) is 4.79 Å². The molecule has 23 heavy (non-hydrogen) atoms. The Hall–Kier alpha value is -2.54. The van der Waals surface area contributed by atoms with E-state index in [2.05, 4.69) is 19.9 Å². The number of hydrogen-bond acceptors (Lipinski definition) is 6. The molecule has 2 aliphatic heterocycles. The number of hydrogen-bond donors (Lipinski definition) is 0. The Kier molecular flexibility index (Phi) is 3.63. The number of nitrogens with zero attached hydrogens (tertiary/aromatic N) is 5. The smallest absolute Gasteiger partial charge is 0.254 e. The first kappa shape index (κ1) is 14.1. The van der Waals surface area contributed by atoms with Gasteiger partial charge in [-0.3, -0.25) is 9.78 Å². The molecule has 118 valence electrons. The second-order valence-electron chi connectivity index (χ2n) is 5.66. The van der Waals surface area contributed by atoms with Gasteiger partial charge >= 0.3 is 0 Å². The number of anilines is 1. The van der Waals surface area contributed by atoms with Crippen LogP contribution in [0.2, 0.25) is 0 Å². The van der Waals surface area contributed by atoms with Gasteiger partial charge in [-0.2, -0.15) is 0 Å². The van der Waals surface area contributed by atoms with Gasteiger partial charge in [-0.1, -0.05) is 0 Å². The summed E-state index contributed by atoms with van der Waals surface area (Å²) in [7, 11) is 0. The molecule has 0 radical (unpaired) electrons. The predicted molar refractivity (Wildman–Crippen MR) is 83.0 cm³/mol. The van der Waals surface area contributed by atoms with Crippen LogP contribution < -0.4 is 4.90 Å². The molecule has 4 rings (SSSR count). The first-order valence-corrected chi connectivity index (χ1v) is 7.67. The van der Waals surface area contributed by atoms with Gasteiger partial charge in [0.1, 0.15) is 0 Å². The summed E-state index contributed by atoms with van der Waals surface area (Å²) in [4.78, 5) is 29.2. The number of fused-ring (bicyclic) bond motifs is 1. The first-order chi connectivity index (χ1) is 11.3. The zero-order chi connectivity index (χ0) is 15.6. The Balaban J connectivity index is 1.54. The van der Waals surface area contributed by atoms with E-state index >= 15 is 0 Å². The molecule has 2 fully saturated rings. The van der Waals surface area contributed by atoms with Crippen LogP contribution in [0.5, 0.6) is 0 Å². The molecule has 2 aromatic rings. The lowest BCUT2D eigenvalue weighted by Crippen LogP contribution is -2.51. The Morgan fingerprint density at radius 3 is 2.70 bits per heavy atom. The fraction of sp³-hybridized carbons (Fsp3) is 0.375. The van der Waals surface area contributed by atoms with E-state index in [4.69, 9.17) is 4.74 Å². The Morgan fingerprint density at radius 2 is 1.91 bits per heavy atom. The molecular weight excluding hydrogens is 294 g/mol. The molecule has 2 atom stereocenters. The lowest BCUT2D eigenvalue weighted by atomic mass is 10.1. The third kappa shape index (κ3) is 2.63. The Bertz CT molecular complexity index is 681. The van der Waals surface area contributed by atoms with Crippen LogP contribution in [0.25, 0.3) is 0 Å². The Morgan fingerprint density at radius 1 is 1.13 bits per heavy atom. The lowest BCUT2D eigenvalue weighted by Gasteiger charge is -2.36. The molecule has 0 saturated carbocycles. The number of aromatic nitrogens is 3. The molecule has 4 heterocycles. The maximum atomic E-state index is 12.6. The SMILES string of the molecule is O=C(c1ccncc1)N1C[C@@H]2OCCN(c3ncccn3)[C@@H]2C1.